The van der Waals surface area contributed by atoms with E-state index in [1.807, 2.05) is 0 Å². The van der Waals surface area contributed by atoms with Crippen LogP contribution in [0.4, 0.5) is 0 Å². The first-order valence-corrected chi connectivity index (χ1v) is 12.3. The van der Waals surface area contributed by atoms with Crippen molar-refractivity contribution >= 4 is 56.5 Å². The summed E-state index contributed by atoms with van der Waals surface area (Å²) in [6.07, 6.45) is 1.87. The van der Waals surface area contributed by atoms with E-state index in [0.717, 1.165) is 50.9 Å². The average molecular weight is 435 g/mol. The molecule has 7 nitrogen and oxygen atoms in total. The number of fused-ring (bicyclic) bond motifs is 8. The van der Waals surface area contributed by atoms with E-state index in [1.54, 1.807) is 34.9 Å². The first kappa shape index (κ1) is 18.7. The lowest BCUT2D eigenvalue weighted by Gasteiger charge is -2.32. The van der Waals surface area contributed by atoms with Gasteiger partial charge < -0.3 is 4.74 Å². The van der Waals surface area contributed by atoms with Gasteiger partial charge in [0.1, 0.15) is 4.83 Å². The zero-order valence-corrected chi connectivity index (χ0v) is 18.8. The van der Waals surface area contributed by atoms with Crippen LogP contribution >= 0.6 is 34.9 Å². The highest BCUT2D eigenvalue weighted by molar-refractivity contribution is 7.99. The van der Waals surface area contributed by atoms with Crippen molar-refractivity contribution in [1.82, 2.24) is 29.2 Å². The van der Waals surface area contributed by atoms with Crippen LogP contribution in [0.1, 0.15) is 44.6 Å². The monoisotopic (exact) mass is 434 g/mol. The van der Waals surface area contributed by atoms with E-state index < -0.39 is 0 Å². The Labute approximate surface area is 175 Å². The Hall–Kier alpha value is -1.36. The minimum atomic E-state index is -0.137. The van der Waals surface area contributed by atoms with Crippen LogP contribution in [0.2, 0.25) is 0 Å². The van der Waals surface area contributed by atoms with E-state index in [4.69, 9.17) is 4.74 Å². The van der Waals surface area contributed by atoms with Crippen LogP contribution < -0.4 is 0 Å². The second-order valence-electron chi connectivity index (χ2n) is 7.08. The molecule has 148 valence electrons. The van der Waals surface area contributed by atoms with E-state index in [1.165, 1.54) is 15.8 Å². The first-order valence-electron chi connectivity index (χ1n) is 9.56. The molecule has 0 saturated carbocycles. The zero-order valence-electron chi connectivity index (χ0n) is 16.4. The van der Waals surface area contributed by atoms with Gasteiger partial charge in [0.15, 0.2) is 16.0 Å². The summed E-state index contributed by atoms with van der Waals surface area (Å²) in [5.41, 5.74) is 2.10. The van der Waals surface area contributed by atoms with E-state index in [-0.39, 0.29) is 5.60 Å². The van der Waals surface area contributed by atoms with Crippen LogP contribution in [0, 0.1) is 0 Å². The molecule has 4 aromatic heterocycles. The third-order valence-corrected chi connectivity index (χ3v) is 8.16. The van der Waals surface area contributed by atoms with Crippen molar-refractivity contribution in [2.45, 2.75) is 63.1 Å². The highest BCUT2D eigenvalue weighted by Crippen LogP contribution is 2.43. The van der Waals surface area contributed by atoms with Gasteiger partial charge in [-0.2, -0.15) is 0 Å². The van der Waals surface area contributed by atoms with Gasteiger partial charge in [-0.3, -0.25) is 0 Å². The molecule has 1 aliphatic heterocycles. The van der Waals surface area contributed by atoms with Crippen molar-refractivity contribution in [3.63, 3.8) is 0 Å². The molecule has 1 aliphatic rings. The molecule has 0 radical (unpaired) electrons. The lowest BCUT2D eigenvalue weighted by atomic mass is 9.90. The largest absolute Gasteiger partial charge is 0.369 e. The maximum absolute atomic E-state index is 6.22. The smallest absolute Gasteiger partial charge is 0.245 e. The minimum Gasteiger partial charge on any atom is -0.369 e. The predicted octanol–water partition coefficient (Wildman–Crippen LogP) is 4.45. The van der Waals surface area contributed by atoms with Crippen molar-refractivity contribution < 1.29 is 4.74 Å². The molecule has 28 heavy (non-hydrogen) atoms. The molecule has 1 unspecified atom stereocenters. The van der Waals surface area contributed by atoms with Gasteiger partial charge in [-0.15, -0.1) is 31.7 Å². The fourth-order valence-electron chi connectivity index (χ4n) is 3.72. The quantitative estimate of drug-likeness (QED) is 0.430. The van der Waals surface area contributed by atoms with Crippen molar-refractivity contribution in [2.24, 2.45) is 0 Å². The molecule has 10 heteroatoms. The van der Waals surface area contributed by atoms with E-state index in [9.17, 15) is 0 Å². The average Bonchev–Trinajstić information content (AvgIpc) is 3.37. The molecule has 0 N–H and O–H groups in total. The van der Waals surface area contributed by atoms with Crippen LogP contribution in [0.25, 0.3) is 21.6 Å². The van der Waals surface area contributed by atoms with Crippen LogP contribution in [0.15, 0.2) is 10.3 Å². The zero-order chi connectivity index (χ0) is 19.5. The molecule has 0 saturated heterocycles. The summed E-state index contributed by atoms with van der Waals surface area (Å²) >= 11 is 5.17. The fraction of sp³-hybridized carbons (Fsp3) is 0.556. The number of hydrogen-bond donors (Lipinski definition) is 0. The summed E-state index contributed by atoms with van der Waals surface area (Å²) in [6.45, 7) is 9.30. The maximum atomic E-state index is 6.22. The van der Waals surface area contributed by atoms with Crippen LogP contribution in [0.5, 0.6) is 0 Å². The number of thioether (sulfide) groups is 2. The van der Waals surface area contributed by atoms with Crippen molar-refractivity contribution in [2.75, 3.05) is 11.5 Å². The third-order valence-electron chi connectivity index (χ3n) is 5.35. The molecule has 0 bridgehead atoms. The van der Waals surface area contributed by atoms with Crippen molar-refractivity contribution in [3.8, 4) is 0 Å². The molecule has 5 rings (SSSR count). The first-order chi connectivity index (χ1) is 13.6. The fourth-order valence-corrected chi connectivity index (χ4v) is 6.32. The number of nitrogens with zero attached hydrogens (tertiary/aromatic N) is 6. The lowest BCUT2D eigenvalue weighted by molar-refractivity contribution is -0.0542. The van der Waals surface area contributed by atoms with Crippen LogP contribution in [0.3, 0.4) is 0 Å². The molecule has 0 spiro atoms. The summed E-state index contributed by atoms with van der Waals surface area (Å²) < 4.78 is 10.5. The lowest BCUT2D eigenvalue weighted by Crippen LogP contribution is -2.33. The van der Waals surface area contributed by atoms with Gasteiger partial charge >= 0.3 is 0 Å². The van der Waals surface area contributed by atoms with E-state index >= 15 is 0 Å². The van der Waals surface area contributed by atoms with E-state index in [0.29, 0.717) is 6.61 Å². The van der Waals surface area contributed by atoms with Crippen molar-refractivity contribution in [3.05, 3.63) is 10.4 Å². The highest BCUT2D eigenvalue weighted by atomic mass is 32.2. The summed E-state index contributed by atoms with van der Waals surface area (Å²) in [6, 6.07) is 0. The van der Waals surface area contributed by atoms with Gasteiger partial charge in [0.05, 0.1) is 17.6 Å². The molecular weight excluding hydrogens is 412 g/mol. The Morgan fingerprint density at radius 3 is 2.46 bits per heavy atom. The minimum absolute atomic E-state index is 0.137. The second kappa shape index (κ2) is 6.86. The van der Waals surface area contributed by atoms with Crippen LogP contribution in [-0.4, -0.2) is 46.3 Å². The Balaban J connectivity index is 1.91. The van der Waals surface area contributed by atoms with Gasteiger partial charge in [-0.1, -0.05) is 44.3 Å². The van der Waals surface area contributed by atoms with Gasteiger partial charge in [-0.25, -0.2) is 8.80 Å². The van der Waals surface area contributed by atoms with Crippen molar-refractivity contribution in [1.29, 1.82) is 0 Å². The topological polar surface area (TPSA) is 69.6 Å². The molecule has 0 fully saturated rings. The highest BCUT2D eigenvalue weighted by Gasteiger charge is 2.34. The normalized spacial score (nSPS) is 19.9. The summed E-state index contributed by atoms with van der Waals surface area (Å²) in [5.74, 6) is 2.66. The number of thiophene rings is 1. The Kier molecular flexibility index (Phi) is 4.57. The molecule has 0 aromatic carbocycles. The summed E-state index contributed by atoms with van der Waals surface area (Å²) in [7, 11) is 0. The third kappa shape index (κ3) is 2.61. The van der Waals surface area contributed by atoms with E-state index in [2.05, 4.69) is 56.9 Å². The van der Waals surface area contributed by atoms with Crippen LogP contribution in [-0.2, 0) is 17.8 Å². The standard InChI is InChI=1S/C18H22N6OS3/c1-5-18(4)8-10-11(9-25-18)28-14-12(10)13-19-21-16(26-6-2)23(13)15-20-22-17(24(14)15)27-7-3/h5-9H2,1-4H3. The summed E-state index contributed by atoms with van der Waals surface area (Å²) in [5, 5.41) is 21.1. The molecule has 1 atom stereocenters. The van der Waals surface area contributed by atoms with Gasteiger partial charge in [0.2, 0.25) is 5.78 Å². The number of aromatic nitrogens is 6. The molecule has 4 aromatic rings. The Bertz CT molecular complexity index is 1200. The molecule has 0 aliphatic carbocycles. The summed E-state index contributed by atoms with van der Waals surface area (Å²) in [4.78, 5) is 2.43. The predicted molar refractivity (Wildman–Crippen MR) is 115 cm³/mol. The maximum Gasteiger partial charge on any atom is 0.245 e. The molecular formula is C18H22N6OS3. The molecule has 5 heterocycles. The van der Waals surface area contributed by atoms with Gasteiger partial charge in [-0.05, 0) is 30.4 Å². The SMILES string of the molecule is CCSc1nnc2c3c4c(sc3n3c(SCC)nnc3n12)COC(C)(CC)C4. The number of ether oxygens (including phenoxy) is 1. The molecule has 0 amide bonds. The Morgan fingerprint density at radius 2 is 1.75 bits per heavy atom. The van der Waals surface area contributed by atoms with Gasteiger partial charge in [0, 0.05) is 11.3 Å². The Morgan fingerprint density at radius 1 is 1.04 bits per heavy atom. The van der Waals surface area contributed by atoms with Gasteiger partial charge in [0.25, 0.3) is 0 Å². The number of hydrogen-bond acceptors (Lipinski definition) is 8. The second-order valence-corrected chi connectivity index (χ2v) is 10.6. The number of rotatable bonds is 5.